The lowest BCUT2D eigenvalue weighted by molar-refractivity contribution is -0.00203. The molecule has 0 radical (unpaired) electrons. The van der Waals surface area contributed by atoms with Crippen molar-refractivity contribution in [2.45, 2.75) is 26.2 Å². The number of aryl methyl sites for hydroxylation is 1. The van der Waals surface area contributed by atoms with Gasteiger partial charge < -0.3 is 14.5 Å². The first-order valence-electron chi connectivity index (χ1n) is 10.9. The van der Waals surface area contributed by atoms with Crippen LogP contribution in [0.15, 0.2) is 48.5 Å². The topological polar surface area (TPSA) is 80.6 Å². The number of benzene rings is 2. The first-order valence-corrected chi connectivity index (χ1v) is 10.9. The lowest BCUT2D eigenvalue weighted by atomic mass is 10.1. The molecule has 2 amide bonds. The summed E-state index contributed by atoms with van der Waals surface area (Å²) < 4.78 is 21.7. The number of nitrogens with zero attached hydrogens (tertiary/aromatic N) is 5. The fraction of sp³-hybridized carbons (Fsp3) is 0.333. The molecule has 0 saturated carbocycles. The number of hydrogen-bond acceptors (Lipinski definition) is 5. The Morgan fingerprint density at radius 3 is 2.33 bits per heavy atom. The van der Waals surface area contributed by atoms with Crippen LogP contribution < -0.4 is 0 Å². The molecule has 3 aromatic rings. The molecule has 1 atom stereocenters. The maximum atomic E-state index is 14.0. The number of carbonyl (C=O) groups excluding carboxylic acids is 2. The van der Waals surface area contributed by atoms with Crippen LogP contribution in [0, 0.1) is 12.7 Å². The van der Waals surface area contributed by atoms with Gasteiger partial charge >= 0.3 is 0 Å². The van der Waals surface area contributed by atoms with Gasteiger partial charge in [0.25, 0.3) is 11.8 Å². The van der Waals surface area contributed by atoms with Gasteiger partial charge in [-0.1, -0.05) is 47.2 Å². The second-order valence-corrected chi connectivity index (χ2v) is 8.34. The van der Waals surface area contributed by atoms with Crippen LogP contribution in [0.2, 0.25) is 0 Å². The van der Waals surface area contributed by atoms with E-state index >= 15 is 0 Å². The molecule has 1 saturated heterocycles. The van der Waals surface area contributed by atoms with Crippen LogP contribution in [0.3, 0.4) is 0 Å². The molecule has 2 aliphatic heterocycles. The van der Waals surface area contributed by atoms with Crippen LogP contribution in [0.4, 0.5) is 4.39 Å². The Hall–Kier alpha value is -3.59. The Labute approximate surface area is 190 Å². The molecule has 9 heteroatoms. The van der Waals surface area contributed by atoms with E-state index in [1.807, 2.05) is 31.2 Å². The molecule has 5 rings (SSSR count). The number of rotatable bonds is 3. The van der Waals surface area contributed by atoms with Crippen LogP contribution in [0.25, 0.3) is 0 Å². The molecule has 3 heterocycles. The van der Waals surface area contributed by atoms with E-state index in [1.165, 1.54) is 17.7 Å². The fourth-order valence-corrected chi connectivity index (χ4v) is 4.23. The normalized spacial score (nSPS) is 18.2. The highest BCUT2D eigenvalue weighted by Gasteiger charge is 2.32. The van der Waals surface area contributed by atoms with Crippen molar-refractivity contribution in [1.29, 1.82) is 0 Å². The molecule has 0 spiro atoms. The smallest absolute Gasteiger partial charge is 0.276 e. The molecule has 0 aliphatic carbocycles. The van der Waals surface area contributed by atoms with Gasteiger partial charge in [0.15, 0.2) is 5.69 Å². The predicted molar refractivity (Wildman–Crippen MR) is 117 cm³/mol. The number of ether oxygens (including phenoxy) is 1. The van der Waals surface area contributed by atoms with Crippen molar-refractivity contribution < 1.29 is 18.7 Å². The van der Waals surface area contributed by atoms with Gasteiger partial charge in [-0.3, -0.25) is 9.59 Å². The second-order valence-electron chi connectivity index (χ2n) is 8.34. The quantitative estimate of drug-likeness (QED) is 0.614. The lowest BCUT2D eigenvalue weighted by Crippen LogP contribution is -2.51. The molecule has 0 bridgehead atoms. The molecule has 0 unspecified atom stereocenters. The Bertz CT molecular complexity index is 1190. The number of aromatic nitrogens is 3. The van der Waals surface area contributed by atoms with Gasteiger partial charge in [-0.2, -0.15) is 0 Å². The van der Waals surface area contributed by atoms with Crippen LogP contribution in [0.1, 0.15) is 43.8 Å². The zero-order chi connectivity index (χ0) is 22.9. The summed E-state index contributed by atoms with van der Waals surface area (Å²) in [4.78, 5) is 29.0. The van der Waals surface area contributed by atoms with Crippen molar-refractivity contribution >= 4 is 11.8 Å². The average Bonchev–Trinajstić information content (AvgIpc) is 3.27. The predicted octanol–water partition coefficient (Wildman–Crippen LogP) is 2.60. The van der Waals surface area contributed by atoms with Crippen LogP contribution in [-0.4, -0.2) is 62.8 Å². The van der Waals surface area contributed by atoms with Gasteiger partial charge in [0.05, 0.1) is 24.4 Å². The zero-order valence-corrected chi connectivity index (χ0v) is 18.3. The fourth-order valence-electron chi connectivity index (χ4n) is 4.23. The Morgan fingerprint density at radius 1 is 0.970 bits per heavy atom. The van der Waals surface area contributed by atoms with Gasteiger partial charge in [0.2, 0.25) is 0 Å². The summed E-state index contributed by atoms with van der Waals surface area (Å²) in [6.45, 7) is 4.12. The molecule has 170 valence electrons. The van der Waals surface area contributed by atoms with E-state index in [-0.39, 0.29) is 35.8 Å². The van der Waals surface area contributed by atoms with Crippen molar-refractivity contribution in [2.75, 3.05) is 26.2 Å². The summed E-state index contributed by atoms with van der Waals surface area (Å²) in [6, 6.07) is 14.1. The zero-order valence-electron chi connectivity index (χ0n) is 18.3. The second kappa shape index (κ2) is 8.74. The van der Waals surface area contributed by atoms with Crippen LogP contribution in [-0.2, 0) is 17.9 Å². The highest BCUT2D eigenvalue weighted by Crippen LogP contribution is 2.27. The molecule has 33 heavy (non-hydrogen) atoms. The minimum atomic E-state index is -0.541. The van der Waals surface area contributed by atoms with E-state index in [0.717, 1.165) is 5.56 Å². The number of fused-ring (bicyclic) bond motifs is 1. The average molecular weight is 449 g/mol. The van der Waals surface area contributed by atoms with Crippen molar-refractivity contribution in [3.05, 3.63) is 82.4 Å². The summed E-state index contributed by atoms with van der Waals surface area (Å²) in [6.07, 6.45) is -0.143. The lowest BCUT2D eigenvalue weighted by Gasteiger charge is -2.34. The highest BCUT2D eigenvalue weighted by molar-refractivity contribution is 5.95. The third-order valence-corrected chi connectivity index (χ3v) is 6.21. The largest absolute Gasteiger partial charge is 0.365 e. The molecule has 8 nitrogen and oxygen atoms in total. The Morgan fingerprint density at radius 2 is 1.64 bits per heavy atom. The monoisotopic (exact) mass is 449 g/mol. The van der Waals surface area contributed by atoms with Crippen molar-refractivity contribution in [3.63, 3.8) is 0 Å². The van der Waals surface area contributed by atoms with Gasteiger partial charge in [-0.05, 0) is 24.6 Å². The van der Waals surface area contributed by atoms with Crippen molar-refractivity contribution in [3.8, 4) is 0 Å². The SMILES string of the molecule is Cc1ccc([C@@H]2Cn3nnc(C(=O)N4CCN(C(=O)c5ccccc5F)CC4)c3CO2)cc1. The van der Waals surface area contributed by atoms with Gasteiger partial charge in [0.1, 0.15) is 11.9 Å². The Balaban J connectivity index is 1.23. The van der Waals surface area contributed by atoms with Gasteiger partial charge in [-0.15, -0.1) is 5.10 Å². The summed E-state index contributed by atoms with van der Waals surface area (Å²) in [5.41, 5.74) is 3.23. The first-order chi connectivity index (χ1) is 16.0. The van der Waals surface area contributed by atoms with Gasteiger partial charge in [-0.25, -0.2) is 9.07 Å². The third-order valence-electron chi connectivity index (χ3n) is 6.21. The maximum Gasteiger partial charge on any atom is 0.276 e. The molecule has 2 aromatic carbocycles. The Kier molecular flexibility index (Phi) is 5.63. The van der Waals surface area contributed by atoms with E-state index in [2.05, 4.69) is 10.3 Å². The number of halogens is 1. The number of piperazine rings is 1. The summed E-state index contributed by atoms with van der Waals surface area (Å²) >= 11 is 0. The molecular formula is C24H24FN5O3. The minimum absolute atomic E-state index is 0.0462. The highest BCUT2D eigenvalue weighted by atomic mass is 19.1. The van der Waals surface area contributed by atoms with E-state index in [1.54, 1.807) is 26.6 Å². The van der Waals surface area contributed by atoms with E-state index in [0.29, 0.717) is 38.4 Å². The molecule has 0 N–H and O–H groups in total. The molecule has 1 aromatic heterocycles. The summed E-state index contributed by atoms with van der Waals surface area (Å²) in [5.74, 6) is -1.14. The van der Waals surface area contributed by atoms with Crippen LogP contribution in [0.5, 0.6) is 0 Å². The van der Waals surface area contributed by atoms with E-state index < -0.39 is 5.82 Å². The number of carbonyl (C=O) groups is 2. The molecule has 2 aliphatic rings. The van der Waals surface area contributed by atoms with Crippen molar-refractivity contribution in [1.82, 2.24) is 24.8 Å². The van der Waals surface area contributed by atoms with E-state index in [4.69, 9.17) is 4.74 Å². The first kappa shape index (κ1) is 21.3. The minimum Gasteiger partial charge on any atom is -0.365 e. The summed E-state index contributed by atoms with van der Waals surface area (Å²) in [7, 11) is 0. The van der Waals surface area contributed by atoms with Gasteiger partial charge in [0, 0.05) is 26.2 Å². The third kappa shape index (κ3) is 4.11. The number of amides is 2. The standard InChI is InChI=1S/C24H24FN5O3/c1-16-6-8-17(9-7-16)21-14-30-20(15-33-21)22(26-27-30)24(32)29-12-10-28(11-13-29)23(31)18-4-2-3-5-19(18)25/h2-9,21H,10-15H2,1H3/t21-/m0/s1. The molecule has 1 fully saturated rings. The number of hydrogen-bond donors (Lipinski definition) is 0. The molecular weight excluding hydrogens is 425 g/mol. The van der Waals surface area contributed by atoms with Crippen molar-refractivity contribution in [2.24, 2.45) is 0 Å². The summed E-state index contributed by atoms with van der Waals surface area (Å²) in [5, 5.41) is 8.33. The van der Waals surface area contributed by atoms with Crippen LogP contribution >= 0.6 is 0 Å². The van der Waals surface area contributed by atoms with E-state index in [9.17, 15) is 14.0 Å². The maximum absolute atomic E-state index is 14.0.